The van der Waals surface area contributed by atoms with Crippen LogP contribution < -0.4 is 0 Å². The summed E-state index contributed by atoms with van der Waals surface area (Å²) >= 11 is 3.24. The van der Waals surface area contributed by atoms with E-state index in [1.807, 2.05) is 0 Å². The fourth-order valence-electron chi connectivity index (χ4n) is 1.10. The monoisotopic (exact) mass is 260 g/mol. The van der Waals surface area contributed by atoms with E-state index in [-0.39, 0.29) is 6.42 Å². The lowest BCUT2D eigenvalue weighted by atomic mass is 10.1. The molecule has 4 nitrogen and oxygen atoms in total. The van der Waals surface area contributed by atoms with E-state index < -0.39 is 5.97 Å². The lowest BCUT2D eigenvalue weighted by Crippen LogP contribution is -2.01. The first kappa shape index (κ1) is 11.2. The summed E-state index contributed by atoms with van der Waals surface area (Å²) in [5.74, 6) is 0.314. The van der Waals surface area contributed by atoms with Gasteiger partial charge in [0.15, 0.2) is 0 Å². The van der Waals surface area contributed by atoms with E-state index >= 15 is 0 Å². The standard InChI is InChI=1S/C9H13BrN2O2/c1-3-5(2)9-11-6(4-7(13)14)8(10)12-9/h5H,3-4H2,1-2H3,(H,11,12)(H,13,14). The zero-order chi connectivity index (χ0) is 10.7. The van der Waals surface area contributed by atoms with Gasteiger partial charge in [0, 0.05) is 5.92 Å². The van der Waals surface area contributed by atoms with E-state index in [2.05, 4.69) is 39.7 Å². The van der Waals surface area contributed by atoms with Gasteiger partial charge in [-0.15, -0.1) is 0 Å². The number of rotatable bonds is 4. The first-order valence-corrected chi connectivity index (χ1v) is 5.30. The summed E-state index contributed by atoms with van der Waals surface area (Å²) in [6, 6.07) is 0. The quantitative estimate of drug-likeness (QED) is 0.874. The van der Waals surface area contributed by atoms with E-state index in [9.17, 15) is 4.79 Å². The maximum Gasteiger partial charge on any atom is 0.309 e. The molecule has 0 fully saturated rings. The first-order valence-electron chi connectivity index (χ1n) is 4.50. The van der Waals surface area contributed by atoms with E-state index in [0.29, 0.717) is 16.2 Å². The molecule has 1 atom stereocenters. The molecule has 5 heteroatoms. The van der Waals surface area contributed by atoms with Gasteiger partial charge < -0.3 is 10.1 Å². The lowest BCUT2D eigenvalue weighted by Gasteiger charge is -2.02. The molecule has 0 aliphatic carbocycles. The van der Waals surface area contributed by atoms with Crippen LogP contribution in [-0.4, -0.2) is 21.0 Å². The molecule has 0 aromatic carbocycles. The topological polar surface area (TPSA) is 66.0 Å². The number of nitrogens with one attached hydrogen (secondary N) is 1. The van der Waals surface area contributed by atoms with Crippen molar-refractivity contribution in [1.29, 1.82) is 0 Å². The number of carboxylic acids is 1. The Kier molecular flexibility index (Phi) is 3.69. The molecule has 0 saturated carbocycles. The third kappa shape index (κ3) is 2.57. The molecular weight excluding hydrogens is 248 g/mol. The number of carbonyl (C=O) groups is 1. The van der Waals surface area contributed by atoms with E-state index in [1.54, 1.807) is 0 Å². The molecule has 1 heterocycles. The maximum atomic E-state index is 10.5. The van der Waals surface area contributed by atoms with Gasteiger partial charge in [-0.1, -0.05) is 13.8 Å². The Morgan fingerprint density at radius 3 is 2.86 bits per heavy atom. The number of halogens is 1. The van der Waals surface area contributed by atoms with Crippen LogP contribution in [0.4, 0.5) is 0 Å². The van der Waals surface area contributed by atoms with Crippen molar-refractivity contribution in [3.63, 3.8) is 0 Å². The van der Waals surface area contributed by atoms with Gasteiger partial charge in [0.2, 0.25) is 0 Å². The maximum absolute atomic E-state index is 10.5. The molecule has 2 N–H and O–H groups in total. The molecule has 0 bridgehead atoms. The Hall–Kier alpha value is -0.840. The number of aliphatic carboxylic acids is 1. The van der Waals surface area contributed by atoms with Crippen molar-refractivity contribution in [3.05, 3.63) is 16.1 Å². The molecule has 0 aliphatic rings. The van der Waals surface area contributed by atoms with Crippen LogP contribution >= 0.6 is 15.9 Å². The summed E-state index contributed by atoms with van der Waals surface area (Å²) in [7, 11) is 0. The second kappa shape index (κ2) is 4.59. The summed E-state index contributed by atoms with van der Waals surface area (Å²) in [5.41, 5.74) is 0.632. The minimum Gasteiger partial charge on any atom is -0.481 e. The first-order chi connectivity index (χ1) is 6.54. The summed E-state index contributed by atoms with van der Waals surface area (Å²) in [6.07, 6.45) is 0.955. The number of carboxylic acid groups (broad SMARTS) is 1. The van der Waals surface area contributed by atoms with Crippen molar-refractivity contribution in [2.45, 2.75) is 32.6 Å². The molecule has 0 amide bonds. The molecule has 1 aromatic rings. The highest BCUT2D eigenvalue weighted by Crippen LogP contribution is 2.21. The van der Waals surface area contributed by atoms with Crippen LogP contribution in [0.3, 0.4) is 0 Å². The van der Waals surface area contributed by atoms with Crippen LogP contribution in [0, 0.1) is 0 Å². The average molecular weight is 261 g/mol. The number of imidazole rings is 1. The Bertz CT molecular complexity index is 336. The molecule has 0 spiro atoms. The van der Waals surface area contributed by atoms with Crippen LogP contribution in [0.1, 0.15) is 37.7 Å². The molecule has 78 valence electrons. The number of H-pyrrole nitrogens is 1. The van der Waals surface area contributed by atoms with E-state index in [4.69, 9.17) is 5.11 Å². The normalized spacial score (nSPS) is 12.8. The minimum absolute atomic E-state index is 0.0238. The SMILES string of the molecule is CCC(C)c1nc(Br)c(CC(=O)O)[nH]1. The average Bonchev–Trinajstić information content (AvgIpc) is 2.46. The van der Waals surface area contributed by atoms with Gasteiger partial charge in [-0.25, -0.2) is 4.98 Å². The minimum atomic E-state index is -0.856. The second-order valence-corrected chi connectivity index (χ2v) is 4.02. The molecule has 14 heavy (non-hydrogen) atoms. The molecule has 1 rings (SSSR count). The van der Waals surface area contributed by atoms with Crippen LogP contribution in [0.15, 0.2) is 4.60 Å². The van der Waals surface area contributed by atoms with Gasteiger partial charge in [0.1, 0.15) is 10.4 Å². The molecule has 0 saturated heterocycles. The number of aromatic nitrogens is 2. The Labute approximate surface area is 90.9 Å². The molecule has 1 unspecified atom stereocenters. The van der Waals surface area contributed by atoms with Crippen LogP contribution in [0.25, 0.3) is 0 Å². The molecule has 0 radical (unpaired) electrons. The highest BCUT2D eigenvalue weighted by molar-refractivity contribution is 9.10. The van der Waals surface area contributed by atoms with Gasteiger partial charge in [-0.05, 0) is 22.4 Å². The summed E-state index contributed by atoms with van der Waals surface area (Å²) < 4.78 is 0.607. The fraction of sp³-hybridized carbons (Fsp3) is 0.556. The highest BCUT2D eigenvalue weighted by atomic mass is 79.9. The highest BCUT2D eigenvalue weighted by Gasteiger charge is 2.13. The summed E-state index contributed by atoms with van der Waals surface area (Å²) in [6.45, 7) is 4.12. The van der Waals surface area contributed by atoms with Gasteiger partial charge in [0.05, 0.1) is 12.1 Å². The molecule has 0 aliphatic heterocycles. The number of hydrogen-bond acceptors (Lipinski definition) is 2. The van der Waals surface area contributed by atoms with Crippen molar-refractivity contribution in [2.24, 2.45) is 0 Å². The van der Waals surface area contributed by atoms with Crippen LogP contribution in [0.5, 0.6) is 0 Å². The number of aromatic amines is 1. The third-order valence-electron chi connectivity index (χ3n) is 2.15. The predicted octanol–water partition coefficient (Wildman–Crippen LogP) is 2.31. The Morgan fingerprint density at radius 2 is 2.36 bits per heavy atom. The summed E-state index contributed by atoms with van der Waals surface area (Å²) in [4.78, 5) is 17.8. The predicted molar refractivity (Wildman–Crippen MR) is 56.3 cm³/mol. The van der Waals surface area contributed by atoms with E-state index in [1.165, 1.54) is 0 Å². The van der Waals surface area contributed by atoms with Crippen molar-refractivity contribution in [2.75, 3.05) is 0 Å². The van der Waals surface area contributed by atoms with Gasteiger partial charge in [-0.2, -0.15) is 0 Å². The fourth-order valence-corrected chi connectivity index (χ4v) is 1.53. The summed E-state index contributed by atoms with van der Waals surface area (Å²) in [5, 5.41) is 8.63. The van der Waals surface area contributed by atoms with Gasteiger partial charge >= 0.3 is 5.97 Å². The van der Waals surface area contributed by atoms with Crippen molar-refractivity contribution >= 4 is 21.9 Å². The van der Waals surface area contributed by atoms with E-state index in [0.717, 1.165) is 12.2 Å². The number of hydrogen-bond donors (Lipinski definition) is 2. The zero-order valence-electron chi connectivity index (χ0n) is 8.17. The van der Waals surface area contributed by atoms with Crippen molar-refractivity contribution < 1.29 is 9.90 Å². The van der Waals surface area contributed by atoms with Gasteiger partial charge in [-0.3, -0.25) is 4.79 Å². The number of nitrogens with zero attached hydrogens (tertiary/aromatic N) is 1. The Balaban J connectivity index is 2.87. The molecular formula is C9H13BrN2O2. The zero-order valence-corrected chi connectivity index (χ0v) is 9.76. The van der Waals surface area contributed by atoms with Crippen molar-refractivity contribution in [1.82, 2.24) is 9.97 Å². The van der Waals surface area contributed by atoms with Crippen LogP contribution in [0.2, 0.25) is 0 Å². The second-order valence-electron chi connectivity index (χ2n) is 3.27. The largest absolute Gasteiger partial charge is 0.481 e. The smallest absolute Gasteiger partial charge is 0.309 e. The van der Waals surface area contributed by atoms with Gasteiger partial charge in [0.25, 0.3) is 0 Å². The third-order valence-corrected chi connectivity index (χ3v) is 2.81. The van der Waals surface area contributed by atoms with Crippen molar-refractivity contribution in [3.8, 4) is 0 Å². The lowest BCUT2D eigenvalue weighted by molar-refractivity contribution is -0.136. The molecule has 1 aromatic heterocycles. The van der Waals surface area contributed by atoms with Crippen LogP contribution in [-0.2, 0) is 11.2 Å². The Morgan fingerprint density at radius 1 is 1.71 bits per heavy atom.